The van der Waals surface area contributed by atoms with Gasteiger partial charge in [-0.05, 0) is 49.8 Å². The number of esters is 1. The van der Waals surface area contributed by atoms with E-state index in [-0.39, 0.29) is 51.5 Å². The molecule has 0 bridgehead atoms. The molecule has 1 amide bonds. The highest BCUT2D eigenvalue weighted by molar-refractivity contribution is 6.37. The number of piperidine rings is 1. The fraction of sp³-hybridized carbons (Fsp3) is 0.481. The normalized spacial score (nSPS) is 18.0. The molecular formula is C27H29Cl2F3N4O3. The van der Waals surface area contributed by atoms with Crippen molar-refractivity contribution in [3.8, 4) is 0 Å². The zero-order valence-corrected chi connectivity index (χ0v) is 23.5. The Hall–Kier alpha value is -2.85. The van der Waals surface area contributed by atoms with Crippen LogP contribution in [0, 0.1) is 18.8 Å². The predicted octanol–water partition coefficient (Wildman–Crippen LogP) is 6.24. The molecule has 4 heterocycles. The first-order chi connectivity index (χ1) is 18.3. The fourth-order valence-corrected chi connectivity index (χ4v) is 5.63. The molecule has 1 saturated heterocycles. The molecule has 3 aromatic heterocycles. The highest BCUT2D eigenvalue weighted by Gasteiger charge is 2.34. The SMILES string of the molecule is CCOC(=O)C[C@@H]1CCN(C(=O)c2cnc(Cl)c(Cc3cc4c(C)cc(C(F)(F)F)nc4n3C)c2Cl)C[C@@H]1C. The standard InChI is InChI=1S/C27H29Cl2F3N4O3/c1-5-39-22(37)9-16-6-7-36(13-15(16)3)26(38)20-12-33-24(29)19(23(20)28)11-17-10-18-14(2)8-21(27(30,31)32)34-25(18)35(17)4/h8,10,12,15-16H,5-7,9,11,13H2,1-4H3/t15-,16-/m0/s1. The van der Waals surface area contributed by atoms with Gasteiger partial charge in [0.1, 0.15) is 16.5 Å². The lowest BCUT2D eigenvalue weighted by Crippen LogP contribution is -2.43. The van der Waals surface area contributed by atoms with Crippen LogP contribution in [0.15, 0.2) is 18.3 Å². The minimum absolute atomic E-state index is 0.0822. The minimum Gasteiger partial charge on any atom is -0.466 e. The van der Waals surface area contributed by atoms with Crippen molar-refractivity contribution in [3.63, 3.8) is 0 Å². The number of aryl methyl sites for hydroxylation is 2. The van der Waals surface area contributed by atoms with Crippen molar-refractivity contribution in [1.29, 1.82) is 0 Å². The van der Waals surface area contributed by atoms with Crippen molar-refractivity contribution in [3.05, 3.63) is 56.6 Å². The molecule has 0 N–H and O–H groups in total. The molecule has 210 valence electrons. The molecule has 1 aliphatic heterocycles. The van der Waals surface area contributed by atoms with Crippen molar-refractivity contribution in [2.24, 2.45) is 18.9 Å². The van der Waals surface area contributed by atoms with Crippen molar-refractivity contribution >= 4 is 46.1 Å². The third-order valence-electron chi connectivity index (χ3n) is 7.35. The Morgan fingerprint density at radius 3 is 2.59 bits per heavy atom. The molecule has 1 aliphatic rings. The maximum Gasteiger partial charge on any atom is 0.433 e. The number of carbonyl (C=O) groups is 2. The van der Waals surface area contributed by atoms with Gasteiger partial charge in [0.15, 0.2) is 0 Å². The number of carbonyl (C=O) groups excluding carboxylic acids is 2. The van der Waals surface area contributed by atoms with Gasteiger partial charge < -0.3 is 14.2 Å². The number of aromatic nitrogens is 3. The summed E-state index contributed by atoms with van der Waals surface area (Å²) in [5.74, 6) is -0.337. The second-order valence-corrected chi connectivity index (χ2v) is 10.7. The van der Waals surface area contributed by atoms with Gasteiger partial charge in [-0.25, -0.2) is 9.97 Å². The number of nitrogens with zero attached hydrogens (tertiary/aromatic N) is 4. The number of amides is 1. The van der Waals surface area contributed by atoms with Gasteiger partial charge in [-0.3, -0.25) is 9.59 Å². The average Bonchev–Trinajstić information content (AvgIpc) is 3.18. The van der Waals surface area contributed by atoms with E-state index in [1.807, 2.05) is 6.92 Å². The van der Waals surface area contributed by atoms with E-state index < -0.39 is 11.9 Å². The van der Waals surface area contributed by atoms with Crippen LogP contribution in [0.25, 0.3) is 11.0 Å². The van der Waals surface area contributed by atoms with Crippen molar-refractivity contribution < 1.29 is 27.5 Å². The quantitative estimate of drug-likeness (QED) is 0.253. The Morgan fingerprint density at radius 1 is 1.23 bits per heavy atom. The summed E-state index contributed by atoms with van der Waals surface area (Å²) in [7, 11) is 1.62. The number of ether oxygens (including phenoxy) is 1. The van der Waals surface area contributed by atoms with Crippen molar-refractivity contribution in [2.45, 2.75) is 46.2 Å². The lowest BCUT2D eigenvalue weighted by molar-refractivity contribution is -0.145. The van der Waals surface area contributed by atoms with E-state index in [4.69, 9.17) is 27.9 Å². The fourth-order valence-electron chi connectivity index (χ4n) is 5.09. The first kappa shape index (κ1) is 29.1. The summed E-state index contributed by atoms with van der Waals surface area (Å²) in [5.41, 5.74) is 0.862. The molecule has 0 unspecified atom stereocenters. The molecule has 12 heteroatoms. The summed E-state index contributed by atoms with van der Waals surface area (Å²) in [6.45, 7) is 6.60. The lowest BCUT2D eigenvalue weighted by Gasteiger charge is -2.36. The number of hydrogen-bond donors (Lipinski definition) is 0. The van der Waals surface area contributed by atoms with Crippen LogP contribution in [0.4, 0.5) is 13.2 Å². The van der Waals surface area contributed by atoms with Crippen LogP contribution in [0.3, 0.4) is 0 Å². The molecule has 4 rings (SSSR count). The van der Waals surface area contributed by atoms with Crippen LogP contribution in [0.1, 0.15) is 59.6 Å². The van der Waals surface area contributed by atoms with Gasteiger partial charge in [0.05, 0.1) is 17.2 Å². The smallest absolute Gasteiger partial charge is 0.433 e. The van der Waals surface area contributed by atoms with Crippen LogP contribution in [0.5, 0.6) is 0 Å². The van der Waals surface area contributed by atoms with Crippen LogP contribution in [-0.2, 0) is 29.2 Å². The van der Waals surface area contributed by atoms with Crippen molar-refractivity contribution in [1.82, 2.24) is 19.4 Å². The lowest BCUT2D eigenvalue weighted by atomic mass is 9.84. The van der Waals surface area contributed by atoms with E-state index in [0.29, 0.717) is 54.7 Å². The molecule has 7 nitrogen and oxygen atoms in total. The Labute approximate surface area is 234 Å². The second kappa shape index (κ2) is 11.3. The number of pyridine rings is 2. The molecule has 0 spiro atoms. The van der Waals surface area contributed by atoms with Crippen molar-refractivity contribution in [2.75, 3.05) is 19.7 Å². The monoisotopic (exact) mass is 584 g/mol. The molecular weight excluding hydrogens is 556 g/mol. The Balaban J connectivity index is 1.58. The molecule has 0 radical (unpaired) electrons. The molecule has 0 saturated carbocycles. The van der Waals surface area contributed by atoms with Crippen LogP contribution in [-0.4, -0.2) is 51.0 Å². The van der Waals surface area contributed by atoms with Gasteiger partial charge in [0.25, 0.3) is 5.91 Å². The number of alkyl halides is 3. The van der Waals surface area contributed by atoms with Gasteiger partial charge in [0.2, 0.25) is 0 Å². The third kappa shape index (κ3) is 6.01. The number of halogens is 5. The predicted molar refractivity (Wildman–Crippen MR) is 142 cm³/mol. The summed E-state index contributed by atoms with van der Waals surface area (Å²) >= 11 is 13.1. The van der Waals surface area contributed by atoms with Gasteiger partial charge >= 0.3 is 12.1 Å². The number of rotatable bonds is 6. The topological polar surface area (TPSA) is 77.3 Å². The highest BCUT2D eigenvalue weighted by atomic mass is 35.5. The van der Waals surface area contributed by atoms with E-state index in [1.54, 1.807) is 36.4 Å². The zero-order valence-electron chi connectivity index (χ0n) is 22.0. The third-order valence-corrected chi connectivity index (χ3v) is 8.10. The second-order valence-electron chi connectivity index (χ2n) is 9.97. The largest absolute Gasteiger partial charge is 0.466 e. The van der Waals surface area contributed by atoms with E-state index in [0.717, 1.165) is 6.07 Å². The van der Waals surface area contributed by atoms with Crippen LogP contribution >= 0.6 is 23.2 Å². The summed E-state index contributed by atoms with van der Waals surface area (Å²) in [5, 5.41) is 0.823. The van der Waals surface area contributed by atoms with E-state index in [1.165, 1.54) is 6.20 Å². The van der Waals surface area contributed by atoms with Gasteiger partial charge in [-0.15, -0.1) is 0 Å². The minimum atomic E-state index is -4.57. The first-order valence-electron chi connectivity index (χ1n) is 12.6. The van der Waals surface area contributed by atoms with Gasteiger partial charge in [0, 0.05) is 55.8 Å². The summed E-state index contributed by atoms with van der Waals surface area (Å²) < 4.78 is 46.6. The summed E-state index contributed by atoms with van der Waals surface area (Å²) in [6, 6.07) is 2.76. The van der Waals surface area contributed by atoms with Gasteiger partial charge in [-0.2, -0.15) is 13.2 Å². The molecule has 0 aliphatic carbocycles. The van der Waals surface area contributed by atoms with E-state index >= 15 is 0 Å². The number of hydrogen-bond acceptors (Lipinski definition) is 5. The molecule has 3 aromatic rings. The Morgan fingerprint density at radius 2 is 1.95 bits per heavy atom. The van der Waals surface area contributed by atoms with Crippen LogP contribution in [0.2, 0.25) is 10.2 Å². The highest BCUT2D eigenvalue weighted by Crippen LogP contribution is 2.35. The maximum absolute atomic E-state index is 13.4. The number of likely N-dealkylation sites (tertiary alicyclic amines) is 1. The average molecular weight is 585 g/mol. The zero-order chi connectivity index (χ0) is 28.6. The van der Waals surface area contributed by atoms with E-state index in [9.17, 15) is 22.8 Å². The first-order valence-corrected chi connectivity index (χ1v) is 13.4. The summed E-state index contributed by atoms with van der Waals surface area (Å²) in [4.78, 5) is 35.1. The van der Waals surface area contributed by atoms with Gasteiger partial charge in [-0.1, -0.05) is 30.1 Å². The van der Waals surface area contributed by atoms with E-state index in [2.05, 4.69) is 9.97 Å². The Kier molecular flexibility index (Phi) is 8.47. The number of fused-ring (bicyclic) bond motifs is 1. The molecule has 2 atom stereocenters. The Bertz CT molecular complexity index is 1420. The van der Waals surface area contributed by atoms with Crippen LogP contribution < -0.4 is 0 Å². The summed E-state index contributed by atoms with van der Waals surface area (Å²) in [6.07, 6.45) is -2.13. The molecule has 1 fully saturated rings. The molecule has 39 heavy (non-hydrogen) atoms. The maximum atomic E-state index is 13.4. The molecule has 0 aromatic carbocycles.